The maximum atomic E-state index is 11.7. The maximum Gasteiger partial charge on any atom is 0.152 e. The molecule has 0 saturated carbocycles. The maximum absolute atomic E-state index is 11.7. The van der Waals surface area contributed by atoms with E-state index >= 15 is 0 Å². The van der Waals surface area contributed by atoms with Gasteiger partial charge in [0.1, 0.15) is 0 Å². The molecule has 0 bridgehead atoms. The zero-order valence-electron chi connectivity index (χ0n) is 11.4. The average Bonchev–Trinajstić information content (AvgIpc) is 2.58. The van der Waals surface area contributed by atoms with Crippen LogP contribution in [-0.4, -0.2) is 38.1 Å². The van der Waals surface area contributed by atoms with Crippen molar-refractivity contribution >= 4 is 15.5 Å². The Morgan fingerprint density at radius 1 is 1.35 bits per heavy atom. The summed E-state index contributed by atoms with van der Waals surface area (Å²) in [6.07, 6.45) is -0.0872. The Morgan fingerprint density at radius 3 is 2.75 bits per heavy atom. The minimum absolute atomic E-state index is 0.114. The highest BCUT2D eigenvalue weighted by molar-refractivity contribution is 7.91. The molecule has 2 rings (SSSR count). The van der Waals surface area contributed by atoms with E-state index in [4.69, 9.17) is 5.26 Å². The first-order chi connectivity index (χ1) is 9.43. The molecule has 0 amide bonds. The van der Waals surface area contributed by atoms with E-state index in [1.54, 1.807) is 25.1 Å². The van der Waals surface area contributed by atoms with Gasteiger partial charge < -0.3 is 10.0 Å². The molecule has 1 heterocycles. The predicted octanol–water partition coefficient (Wildman–Crippen LogP) is 1.24. The lowest BCUT2D eigenvalue weighted by molar-refractivity contribution is 0.199. The molecule has 5 nitrogen and oxygen atoms in total. The summed E-state index contributed by atoms with van der Waals surface area (Å²) in [5, 5.41) is 18.8. The van der Waals surface area contributed by atoms with Gasteiger partial charge in [-0.15, -0.1) is 0 Å². The summed E-state index contributed by atoms with van der Waals surface area (Å²) in [6.45, 7) is 2.68. The Balaban J connectivity index is 2.38. The first kappa shape index (κ1) is 14.8. The van der Waals surface area contributed by atoms with Crippen molar-refractivity contribution in [1.82, 2.24) is 0 Å². The molecular weight excluding hydrogens is 276 g/mol. The number of hydrogen-bond donors (Lipinski definition) is 1. The molecule has 0 unspecified atom stereocenters. The lowest BCUT2D eigenvalue weighted by atomic mass is 10.0. The minimum atomic E-state index is -2.98. The molecule has 1 aromatic rings. The van der Waals surface area contributed by atoms with E-state index < -0.39 is 15.9 Å². The first-order valence-corrected chi connectivity index (χ1v) is 8.42. The zero-order valence-corrected chi connectivity index (χ0v) is 12.2. The number of aliphatic hydroxyl groups is 1. The highest BCUT2D eigenvalue weighted by Crippen LogP contribution is 2.28. The summed E-state index contributed by atoms with van der Waals surface area (Å²) in [4.78, 5) is 1.95. The van der Waals surface area contributed by atoms with Gasteiger partial charge in [0.25, 0.3) is 0 Å². The molecule has 1 saturated heterocycles. The van der Waals surface area contributed by atoms with Gasteiger partial charge in [-0.3, -0.25) is 0 Å². The van der Waals surface area contributed by atoms with Crippen molar-refractivity contribution in [2.75, 3.05) is 29.5 Å². The van der Waals surface area contributed by atoms with Crippen LogP contribution in [0.4, 0.5) is 5.69 Å². The molecule has 20 heavy (non-hydrogen) atoms. The zero-order chi connectivity index (χ0) is 14.8. The monoisotopic (exact) mass is 294 g/mol. The van der Waals surface area contributed by atoms with Gasteiger partial charge in [-0.2, -0.15) is 5.26 Å². The summed E-state index contributed by atoms with van der Waals surface area (Å²) in [6, 6.07) is 7.20. The number of nitrogens with zero attached hydrogens (tertiary/aromatic N) is 2. The van der Waals surface area contributed by atoms with Crippen molar-refractivity contribution < 1.29 is 13.5 Å². The fourth-order valence-corrected chi connectivity index (χ4v) is 3.69. The summed E-state index contributed by atoms with van der Waals surface area (Å²) in [5.74, 6) is 0.314. The summed E-state index contributed by atoms with van der Waals surface area (Å²) < 4.78 is 23.3. The van der Waals surface area contributed by atoms with Crippen LogP contribution in [0.5, 0.6) is 0 Å². The Morgan fingerprint density at radius 2 is 2.10 bits per heavy atom. The van der Waals surface area contributed by atoms with Crippen LogP contribution in [0.15, 0.2) is 18.2 Å². The van der Waals surface area contributed by atoms with Crippen LogP contribution in [0, 0.1) is 11.3 Å². The normalized spacial score (nSPS) is 19.9. The van der Waals surface area contributed by atoms with Gasteiger partial charge in [0, 0.05) is 24.3 Å². The van der Waals surface area contributed by atoms with Crippen LogP contribution in [-0.2, 0) is 9.84 Å². The van der Waals surface area contributed by atoms with Crippen molar-refractivity contribution in [2.24, 2.45) is 0 Å². The second-order valence-electron chi connectivity index (χ2n) is 5.05. The summed E-state index contributed by atoms with van der Waals surface area (Å²) in [7, 11) is -2.98. The van der Waals surface area contributed by atoms with Gasteiger partial charge in [0.05, 0.1) is 29.2 Å². The average molecular weight is 294 g/mol. The molecule has 0 aliphatic carbocycles. The number of nitriles is 1. The van der Waals surface area contributed by atoms with Crippen LogP contribution in [0.25, 0.3) is 0 Å². The third-order valence-electron chi connectivity index (χ3n) is 3.51. The quantitative estimate of drug-likeness (QED) is 0.887. The number of sulfone groups is 1. The lowest BCUT2D eigenvalue weighted by Crippen LogP contribution is -2.28. The highest BCUT2D eigenvalue weighted by Gasteiger charge is 2.22. The highest BCUT2D eigenvalue weighted by atomic mass is 32.2. The van der Waals surface area contributed by atoms with Crippen molar-refractivity contribution in [1.29, 1.82) is 5.26 Å². The Labute approximate surface area is 119 Å². The molecule has 1 fully saturated rings. The minimum Gasteiger partial charge on any atom is -0.389 e. The van der Waals surface area contributed by atoms with Crippen molar-refractivity contribution in [2.45, 2.75) is 19.4 Å². The van der Waals surface area contributed by atoms with E-state index in [1.807, 2.05) is 4.90 Å². The fourth-order valence-electron chi connectivity index (χ4n) is 2.42. The van der Waals surface area contributed by atoms with Crippen LogP contribution in [0.3, 0.4) is 0 Å². The number of anilines is 1. The molecule has 0 radical (unpaired) electrons. The van der Waals surface area contributed by atoms with Crippen LogP contribution in [0.1, 0.15) is 30.6 Å². The third kappa shape index (κ3) is 3.30. The summed E-state index contributed by atoms with van der Waals surface area (Å²) in [5.41, 5.74) is 2.00. The summed E-state index contributed by atoms with van der Waals surface area (Å²) >= 11 is 0. The van der Waals surface area contributed by atoms with Crippen LogP contribution in [0.2, 0.25) is 0 Å². The van der Waals surface area contributed by atoms with E-state index in [2.05, 4.69) is 6.07 Å². The molecule has 0 spiro atoms. The number of hydrogen-bond acceptors (Lipinski definition) is 5. The topological polar surface area (TPSA) is 81.4 Å². The largest absolute Gasteiger partial charge is 0.389 e. The van der Waals surface area contributed by atoms with Gasteiger partial charge in [0.2, 0.25) is 0 Å². The van der Waals surface area contributed by atoms with Crippen molar-refractivity contribution in [3.8, 4) is 6.07 Å². The number of aliphatic hydroxyl groups excluding tert-OH is 1. The molecule has 6 heteroatoms. The van der Waals surface area contributed by atoms with Gasteiger partial charge in [-0.05, 0) is 25.5 Å². The van der Waals surface area contributed by atoms with Gasteiger partial charge in [0.15, 0.2) is 9.84 Å². The second kappa shape index (κ2) is 5.81. The lowest BCUT2D eigenvalue weighted by Gasteiger charge is -2.26. The molecule has 1 atom stereocenters. The third-order valence-corrected chi connectivity index (χ3v) is 5.22. The van der Waals surface area contributed by atoms with Crippen molar-refractivity contribution in [3.63, 3.8) is 0 Å². The standard InChI is InChI=1S/C14H18N2O3S/c1-11(17)13-4-3-12(10-15)9-14(13)16-5-2-7-20(18,19)8-6-16/h3-4,9,11,17H,2,5-8H2,1H3/t11-/m1/s1. The van der Waals surface area contributed by atoms with E-state index in [0.717, 1.165) is 11.3 Å². The van der Waals surface area contributed by atoms with Gasteiger partial charge >= 0.3 is 0 Å². The number of benzene rings is 1. The van der Waals surface area contributed by atoms with Crippen molar-refractivity contribution in [3.05, 3.63) is 29.3 Å². The molecular formula is C14H18N2O3S. The predicted molar refractivity (Wildman–Crippen MR) is 77.3 cm³/mol. The molecule has 0 aromatic heterocycles. The molecule has 1 N–H and O–H groups in total. The van der Waals surface area contributed by atoms with E-state index in [-0.39, 0.29) is 11.5 Å². The number of rotatable bonds is 2. The van der Waals surface area contributed by atoms with Gasteiger partial charge in [-0.25, -0.2) is 8.42 Å². The smallest absolute Gasteiger partial charge is 0.152 e. The SMILES string of the molecule is C[C@@H](O)c1ccc(C#N)cc1N1CCCS(=O)(=O)CC1. The fraction of sp³-hybridized carbons (Fsp3) is 0.500. The van der Waals surface area contributed by atoms with Crippen LogP contribution >= 0.6 is 0 Å². The first-order valence-electron chi connectivity index (χ1n) is 6.60. The van der Waals surface area contributed by atoms with E-state index in [0.29, 0.717) is 25.1 Å². The van der Waals surface area contributed by atoms with Gasteiger partial charge in [-0.1, -0.05) is 6.07 Å². The molecule has 108 valence electrons. The Kier molecular flexibility index (Phi) is 4.31. The van der Waals surface area contributed by atoms with Crippen LogP contribution < -0.4 is 4.90 Å². The van der Waals surface area contributed by atoms with E-state index in [1.165, 1.54) is 0 Å². The van der Waals surface area contributed by atoms with E-state index in [9.17, 15) is 13.5 Å². The molecule has 1 aliphatic heterocycles. The Bertz CT molecular complexity index is 632. The molecule has 1 aliphatic rings. The second-order valence-corrected chi connectivity index (χ2v) is 7.36. The Hall–Kier alpha value is -1.58. The molecule has 1 aromatic carbocycles.